The van der Waals surface area contributed by atoms with Gasteiger partial charge in [0.15, 0.2) is 5.82 Å². The maximum absolute atomic E-state index is 10.7. The van der Waals surface area contributed by atoms with Crippen molar-refractivity contribution in [1.29, 1.82) is 0 Å². The number of nitrogens with zero attached hydrogens (tertiary/aromatic N) is 1. The molecule has 0 radical (unpaired) electrons. The summed E-state index contributed by atoms with van der Waals surface area (Å²) in [5, 5.41) is 0. The van der Waals surface area contributed by atoms with Crippen LogP contribution in [0.2, 0.25) is 0 Å². The van der Waals surface area contributed by atoms with E-state index >= 15 is 0 Å². The van der Waals surface area contributed by atoms with Crippen LogP contribution in [0, 0.1) is 0 Å². The zero-order valence-electron chi connectivity index (χ0n) is 5.47. The average molecular weight is 162 g/mol. The first kappa shape index (κ1) is 8.97. The fraction of sp³-hybridized carbons (Fsp3) is 0.200. The summed E-state index contributed by atoms with van der Waals surface area (Å²) in [5.74, 6) is 0.387. The highest BCUT2D eigenvalue weighted by Crippen LogP contribution is 1.81. The van der Waals surface area contributed by atoms with Gasteiger partial charge in [-0.2, -0.15) is 9.78 Å². The fourth-order valence-corrected chi connectivity index (χ4v) is 0.513. The van der Waals surface area contributed by atoms with Gasteiger partial charge in [-0.25, -0.2) is 4.57 Å². The van der Waals surface area contributed by atoms with E-state index in [4.69, 9.17) is 5.73 Å². The van der Waals surface area contributed by atoms with Gasteiger partial charge < -0.3 is 18.1 Å². The quantitative estimate of drug-likeness (QED) is 0.379. The van der Waals surface area contributed by atoms with E-state index in [1.807, 2.05) is 0 Å². The third-order valence-corrected chi connectivity index (χ3v) is 1.05. The number of aromatic nitrogens is 2. The van der Waals surface area contributed by atoms with Gasteiger partial charge in [-0.3, -0.25) is 0 Å². The summed E-state index contributed by atoms with van der Waals surface area (Å²) in [4.78, 5) is 13.1. The molecule has 0 unspecified atom stereocenters. The summed E-state index contributed by atoms with van der Waals surface area (Å²) >= 11 is 0. The normalized spacial score (nSPS) is 8.50. The highest BCUT2D eigenvalue weighted by atomic mass is 35.5. The van der Waals surface area contributed by atoms with E-state index in [9.17, 15) is 4.79 Å². The largest absolute Gasteiger partial charge is 1.00 e. The second-order valence-corrected chi connectivity index (χ2v) is 1.81. The SMILES string of the molecule is C[n+]1ccc(N)[nH]c1=O.[Cl-]. The molecular formula is C5H8ClN3O. The number of aromatic amines is 1. The number of halogens is 1. The predicted octanol–water partition coefficient (Wildman–Crippen LogP) is -4.21. The van der Waals surface area contributed by atoms with Crippen molar-refractivity contribution < 1.29 is 17.0 Å². The molecule has 0 atom stereocenters. The Morgan fingerprint density at radius 2 is 2.30 bits per heavy atom. The van der Waals surface area contributed by atoms with E-state index < -0.39 is 0 Å². The van der Waals surface area contributed by atoms with Gasteiger partial charge in [0.2, 0.25) is 0 Å². The highest BCUT2D eigenvalue weighted by molar-refractivity contribution is 5.21. The lowest BCUT2D eigenvalue weighted by molar-refractivity contribution is -0.689. The lowest BCUT2D eigenvalue weighted by Gasteiger charge is -1.85. The number of anilines is 1. The molecule has 0 aromatic carbocycles. The van der Waals surface area contributed by atoms with E-state index in [-0.39, 0.29) is 18.1 Å². The van der Waals surface area contributed by atoms with Crippen molar-refractivity contribution >= 4 is 5.82 Å². The molecule has 56 valence electrons. The standard InChI is InChI=1S/C5H7N3O.ClH/c1-8-3-2-4(6)7-5(8)9;/h2-3H,1H3,(H2,6,7,9);1H. The maximum Gasteiger partial charge on any atom is 0.497 e. The van der Waals surface area contributed by atoms with Crippen LogP contribution in [0.15, 0.2) is 17.1 Å². The molecule has 1 aromatic heterocycles. The first-order chi connectivity index (χ1) is 4.20. The first-order valence-corrected chi connectivity index (χ1v) is 2.54. The van der Waals surface area contributed by atoms with Gasteiger partial charge in [0.1, 0.15) is 0 Å². The number of aryl methyl sites for hydroxylation is 1. The monoisotopic (exact) mass is 161 g/mol. The van der Waals surface area contributed by atoms with Crippen LogP contribution < -0.4 is 28.4 Å². The van der Waals surface area contributed by atoms with Crippen molar-refractivity contribution in [1.82, 2.24) is 4.98 Å². The molecule has 0 amide bonds. The fourth-order valence-electron chi connectivity index (χ4n) is 0.513. The van der Waals surface area contributed by atoms with Crippen LogP contribution in [0.4, 0.5) is 5.82 Å². The second-order valence-electron chi connectivity index (χ2n) is 1.81. The topological polar surface area (TPSA) is 62.8 Å². The molecule has 4 nitrogen and oxygen atoms in total. The number of hydrogen-bond acceptors (Lipinski definition) is 2. The van der Waals surface area contributed by atoms with E-state index in [0.717, 1.165) is 0 Å². The molecule has 10 heavy (non-hydrogen) atoms. The van der Waals surface area contributed by atoms with E-state index in [1.54, 1.807) is 19.3 Å². The zero-order valence-corrected chi connectivity index (χ0v) is 6.22. The Kier molecular flexibility index (Phi) is 2.89. The number of H-pyrrole nitrogens is 1. The van der Waals surface area contributed by atoms with Crippen LogP contribution in [0.3, 0.4) is 0 Å². The summed E-state index contributed by atoms with van der Waals surface area (Å²) in [6.07, 6.45) is 1.61. The zero-order chi connectivity index (χ0) is 6.85. The summed E-state index contributed by atoms with van der Waals surface area (Å²) < 4.78 is 1.41. The third kappa shape index (κ3) is 1.73. The smallest absolute Gasteiger partial charge is 0.497 e. The van der Waals surface area contributed by atoms with Gasteiger partial charge in [0.05, 0.1) is 13.2 Å². The number of nitrogens with one attached hydrogen (secondary N) is 1. The molecular weight excluding hydrogens is 154 g/mol. The van der Waals surface area contributed by atoms with Crippen molar-refractivity contribution in [2.75, 3.05) is 5.73 Å². The van der Waals surface area contributed by atoms with Crippen molar-refractivity contribution in [2.45, 2.75) is 0 Å². The number of rotatable bonds is 0. The van der Waals surface area contributed by atoms with Gasteiger partial charge in [0, 0.05) is 6.07 Å². The predicted molar refractivity (Wildman–Crippen MR) is 32.7 cm³/mol. The molecule has 0 aliphatic rings. The molecule has 0 spiro atoms. The van der Waals surface area contributed by atoms with Crippen LogP contribution in [0.1, 0.15) is 0 Å². The molecule has 1 heterocycles. The molecule has 5 heteroatoms. The van der Waals surface area contributed by atoms with E-state index in [1.165, 1.54) is 4.57 Å². The molecule has 0 fully saturated rings. The lowest BCUT2D eigenvalue weighted by Crippen LogP contribution is -3.00. The molecule has 0 saturated heterocycles. The molecule has 1 aromatic rings. The van der Waals surface area contributed by atoms with Crippen LogP contribution in [-0.4, -0.2) is 4.98 Å². The second kappa shape index (κ2) is 3.22. The van der Waals surface area contributed by atoms with Crippen LogP contribution in [-0.2, 0) is 7.05 Å². The van der Waals surface area contributed by atoms with Crippen LogP contribution >= 0.6 is 0 Å². The summed E-state index contributed by atoms with van der Waals surface area (Å²) in [6, 6.07) is 1.63. The lowest BCUT2D eigenvalue weighted by atomic mass is 10.6. The Labute approximate surface area is 64.1 Å². The number of nitrogen functional groups attached to an aromatic ring is 1. The van der Waals surface area contributed by atoms with E-state index in [0.29, 0.717) is 5.82 Å². The summed E-state index contributed by atoms with van der Waals surface area (Å²) in [6.45, 7) is 0. The Balaban J connectivity index is 0.000000810. The van der Waals surface area contributed by atoms with Crippen LogP contribution in [0.5, 0.6) is 0 Å². The minimum atomic E-state index is -0.199. The first-order valence-electron chi connectivity index (χ1n) is 2.54. The number of nitrogens with two attached hydrogens (primary N) is 1. The van der Waals surface area contributed by atoms with Gasteiger partial charge in [-0.1, -0.05) is 0 Å². The van der Waals surface area contributed by atoms with Crippen molar-refractivity contribution in [3.05, 3.63) is 22.7 Å². The number of hydrogen-bond donors (Lipinski definition) is 2. The summed E-state index contributed by atoms with van der Waals surface area (Å²) in [7, 11) is 1.65. The van der Waals surface area contributed by atoms with E-state index in [2.05, 4.69) is 4.98 Å². The Bertz CT molecular complexity index is 270. The summed E-state index contributed by atoms with van der Waals surface area (Å²) in [5.41, 5.74) is 5.06. The molecule has 3 N–H and O–H groups in total. The van der Waals surface area contributed by atoms with Crippen LogP contribution in [0.25, 0.3) is 0 Å². The average Bonchev–Trinajstić information content (AvgIpc) is 1.80. The molecule has 0 bridgehead atoms. The maximum atomic E-state index is 10.7. The minimum Gasteiger partial charge on any atom is -1.00 e. The van der Waals surface area contributed by atoms with Crippen molar-refractivity contribution in [2.24, 2.45) is 7.05 Å². The molecule has 1 rings (SSSR count). The molecule has 0 aliphatic carbocycles. The van der Waals surface area contributed by atoms with Gasteiger partial charge in [0.25, 0.3) is 0 Å². The van der Waals surface area contributed by atoms with Gasteiger partial charge in [-0.05, 0) is 0 Å². The Morgan fingerprint density at radius 3 is 2.70 bits per heavy atom. The Hall–Kier alpha value is -1.03. The Morgan fingerprint density at radius 1 is 1.70 bits per heavy atom. The molecule has 0 aliphatic heterocycles. The minimum absolute atomic E-state index is 0. The highest BCUT2D eigenvalue weighted by Gasteiger charge is 1.96. The molecule has 0 saturated carbocycles. The van der Waals surface area contributed by atoms with Crippen molar-refractivity contribution in [3.8, 4) is 0 Å². The van der Waals surface area contributed by atoms with Crippen molar-refractivity contribution in [3.63, 3.8) is 0 Å². The third-order valence-electron chi connectivity index (χ3n) is 1.05. The van der Waals surface area contributed by atoms with Gasteiger partial charge in [-0.15, -0.1) is 0 Å². The van der Waals surface area contributed by atoms with Gasteiger partial charge >= 0.3 is 5.69 Å².